The van der Waals surface area contributed by atoms with Crippen LogP contribution in [0, 0.1) is 0 Å². The number of aliphatic hydroxyl groups excluding tert-OH is 3. The van der Waals surface area contributed by atoms with Gasteiger partial charge >= 0.3 is 0 Å². The maximum atomic E-state index is 12.3. The van der Waals surface area contributed by atoms with Gasteiger partial charge in [0.15, 0.2) is 0 Å². The van der Waals surface area contributed by atoms with Crippen molar-refractivity contribution in [3.05, 3.63) is 12.2 Å². The van der Waals surface area contributed by atoms with Crippen molar-refractivity contribution in [1.82, 2.24) is 5.32 Å². The summed E-state index contributed by atoms with van der Waals surface area (Å²) in [5.41, 5.74) is 0. The molecule has 0 aromatic heterocycles. The summed E-state index contributed by atoms with van der Waals surface area (Å²) in [5, 5.41) is 33.4. The molecule has 0 bridgehead atoms. The number of hydrogen-bond donors (Lipinski definition) is 4. The Labute approximate surface area is 274 Å². The monoisotopic (exact) mass is 624 g/mol. The van der Waals surface area contributed by atoms with E-state index in [1.165, 1.54) is 141 Å². The zero-order valence-electron chi connectivity index (χ0n) is 29.6. The number of amides is 1. The second kappa shape index (κ2) is 35.0. The molecule has 5 heteroatoms. The summed E-state index contributed by atoms with van der Waals surface area (Å²) in [6.45, 7) is 4.16. The molecule has 3 atom stereocenters. The lowest BCUT2D eigenvalue weighted by molar-refractivity contribution is -0.124. The molecule has 0 rings (SSSR count). The zero-order valence-corrected chi connectivity index (χ0v) is 29.6. The molecule has 0 radical (unpaired) electrons. The molecule has 0 heterocycles. The molecule has 0 saturated heterocycles. The Morgan fingerprint density at radius 3 is 1.32 bits per heavy atom. The number of nitrogens with one attached hydrogen (secondary N) is 1. The fraction of sp³-hybridized carbons (Fsp3) is 0.923. The number of hydrogen-bond acceptors (Lipinski definition) is 4. The van der Waals surface area contributed by atoms with Crippen molar-refractivity contribution in [2.75, 3.05) is 6.61 Å². The van der Waals surface area contributed by atoms with Crippen LogP contribution in [-0.2, 0) is 4.79 Å². The van der Waals surface area contributed by atoms with Crippen molar-refractivity contribution in [3.8, 4) is 0 Å². The van der Waals surface area contributed by atoms with Gasteiger partial charge in [-0.25, -0.2) is 0 Å². The highest BCUT2D eigenvalue weighted by Gasteiger charge is 2.26. The highest BCUT2D eigenvalue weighted by Crippen LogP contribution is 2.15. The maximum absolute atomic E-state index is 12.3. The number of carbonyl (C=O) groups is 1. The third kappa shape index (κ3) is 29.8. The highest BCUT2D eigenvalue weighted by atomic mass is 16.3. The maximum Gasteiger partial charge on any atom is 0.220 e. The molecule has 0 saturated carbocycles. The van der Waals surface area contributed by atoms with Gasteiger partial charge < -0.3 is 20.6 Å². The zero-order chi connectivity index (χ0) is 32.4. The average molecular weight is 624 g/mol. The minimum absolute atomic E-state index is 0.154. The predicted molar refractivity (Wildman–Crippen MR) is 190 cm³/mol. The second-order valence-corrected chi connectivity index (χ2v) is 13.5. The van der Waals surface area contributed by atoms with Gasteiger partial charge in [-0.2, -0.15) is 0 Å². The molecular weight excluding hydrogens is 546 g/mol. The molecule has 0 fully saturated rings. The van der Waals surface area contributed by atoms with E-state index in [-0.39, 0.29) is 12.5 Å². The molecule has 0 aromatic rings. The third-order valence-electron chi connectivity index (χ3n) is 9.12. The second-order valence-electron chi connectivity index (χ2n) is 13.5. The van der Waals surface area contributed by atoms with Crippen molar-refractivity contribution in [1.29, 1.82) is 0 Å². The van der Waals surface area contributed by atoms with Crippen LogP contribution in [0.5, 0.6) is 0 Å². The fourth-order valence-corrected chi connectivity index (χ4v) is 6.04. The molecule has 262 valence electrons. The number of unbranched alkanes of at least 4 members (excludes halogenated alkanes) is 25. The van der Waals surface area contributed by atoms with E-state index in [4.69, 9.17) is 0 Å². The van der Waals surface area contributed by atoms with E-state index in [0.717, 1.165) is 38.5 Å². The van der Waals surface area contributed by atoms with Crippen LogP contribution in [0.2, 0.25) is 0 Å². The first-order chi connectivity index (χ1) is 21.6. The van der Waals surface area contributed by atoms with Crippen LogP contribution in [0.25, 0.3) is 0 Å². The molecule has 4 N–H and O–H groups in total. The Morgan fingerprint density at radius 2 is 0.909 bits per heavy atom. The van der Waals surface area contributed by atoms with Crippen LogP contribution in [0.15, 0.2) is 12.2 Å². The van der Waals surface area contributed by atoms with Crippen molar-refractivity contribution in [3.63, 3.8) is 0 Å². The van der Waals surface area contributed by atoms with E-state index in [1.54, 1.807) is 0 Å². The number of allylic oxidation sites excluding steroid dienone is 2. The molecule has 1 amide bonds. The van der Waals surface area contributed by atoms with Crippen LogP contribution in [0.4, 0.5) is 0 Å². The van der Waals surface area contributed by atoms with E-state index >= 15 is 0 Å². The predicted octanol–water partition coefficient (Wildman–Crippen LogP) is 10.5. The standard InChI is InChI=1S/C39H77NO4/c1-3-5-7-9-11-13-15-17-18-19-20-21-22-23-25-27-29-31-33-37(42)39(44)36(35-41)40-38(43)34-32-30-28-26-24-16-14-12-10-8-6-4-2/h25,27,36-37,39,41-42,44H,3-24,26,28-35H2,1-2H3,(H,40,43)/b27-25+. The van der Waals surface area contributed by atoms with Crippen molar-refractivity contribution >= 4 is 5.91 Å². The van der Waals surface area contributed by atoms with Crippen LogP contribution < -0.4 is 5.32 Å². The number of carbonyl (C=O) groups excluding carboxylic acids is 1. The normalized spacial score (nSPS) is 13.8. The number of aliphatic hydroxyl groups is 3. The minimum Gasteiger partial charge on any atom is -0.394 e. The van der Waals surface area contributed by atoms with E-state index in [2.05, 4.69) is 31.3 Å². The van der Waals surface area contributed by atoms with Crippen molar-refractivity contribution < 1.29 is 20.1 Å². The Balaban J connectivity index is 3.69. The van der Waals surface area contributed by atoms with Crippen LogP contribution >= 0.6 is 0 Å². The summed E-state index contributed by atoms with van der Waals surface area (Å²) >= 11 is 0. The van der Waals surface area contributed by atoms with Gasteiger partial charge in [0, 0.05) is 6.42 Å². The molecule has 5 nitrogen and oxygen atoms in total. The minimum atomic E-state index is -1.15. The Bertz CT molecular complexity index is 611. The SMILES string of the molecule is CCCCCCCCCCCCCCC/C=C/CCCC(O)C(O)C(CO)NC(=O)CCCCCCCCCCCCCC. The Morgan fingerprint density at radius 1 is 0.545 bits per heavy atom. The summed E-state index contributed by atoms with van der Waals surface area (Å²) in [4.78, 5) is 12.3. The van der Waals surface area contributed by atoms with Crippen LogP contribution in [0.1, 0.15) is 206 Å². The van der Waals surface area contributed by atoms with Gasteiger partial charge in [-0.15, -0.1) is 0 Å². The van der Waals surface area contributed by atoms with E-state index in [1.807, 2.05) is 0 Å². The Hall–Kier alpha value is -0.910. The topological polar surface area (TPSA) is 89.8 Å². The van der Waals surface area contributed by atoms with E-state index in [9.17, 15) is 20.1 Å². The molecule has 0 aromatic carbocycles. The molecule has 0 aliphatic rings. The lowest BCUT2D eigenvalue weighted by Gasteiger charge is -2.26. The first kappa shape index (κ1) is 43.1. The quantitative estimate of drug-likeness (QED) is 0.0418. The summed E-state index contributed by atoms with van der Waals surface area (Å²) < 4.78 is 0. The van der Waals surface area contributed by atoms with Crippen molar-refractivity contribution in [2.45, 2.75) is 225 Å². The third-order valence-corrected chi connectivity index (χ3v) is 9.12. The summed E-state index contributed by atoms with van der Waals surface area (Å²) in [6, 6.07) is -0.819. The van der Waals surface area contributed by atoms with Crippen LogP contribution in [0.3, 0.4) is 0 Å². The van der Waals surface area contributed by atoms with Gasteiger partial charge in [-0.3, -0.25) is 4.79 Å². The molecule has 0 spiro atoms. The van der Waals surface area contributed by atoms with Gasteiger partial charge in [0.1, 0.15) is 6.10 Å². The highest BCUT2D eigenvalue weighted by molar-refractivity contribution is 5.76. The van der Waals surface area contributed by atoms with Gasteiger partial charge in [0.25, 0.3) is 0 Å². The van der Waals surface area contributed by atoms with Crippen molar-refractivity contribution in [2.24, 2.45) is 0 Å². The molecule has 0 aliphatic heterocycles. The summed E-state index contributed by atoms with van der Waals surface area (Å²) in [5.74, 6) is -0.154. The number of rotatable bonds is 35. The summed E-state index contributed by atoms with van der Waals surface area (Å²) in [6.07, 6.45) is 38.8. The largest absolute Gasteiger partial charge is 0.394 e. The van der Waals surface area contributed by atoms with Gasteiger partial charge in [0.05, 0.1) is 18.8 Å². The molecule has 3 unspecified atom stereocenters. The van der Waals surface area contributed by atoms with E-state index in [0.29, 0.717) is 12.8 Å². The molecule has 0 aliphatic carbocycles. The van der Waals surface area contributed by atoms with Gasteiger partial charge in [-0.05, 0) is 38.5 Å². The van der Waals surface area contributed by atoms with Gasteiger partial charge in [0.2, 0.25) is 5.91 Å². The average Bonchev–Trinajstić information content (AvgIpc) is 3.03. The lowest BCUT2D eigenvalue weighted by atomic mass is 10.0. The van der Waals surface area contributed by atoms with E-state index < -0.39 is 18.2 Å². The van der Waals surface area contributed by atoms with Gasteiger partial charge in [-0.1, -0.05) is 174 Å². The first-order valence-corrected chi connectivity index (χ1v) is 19.5. The smallest absolute Gasteiger partial charge is 0.220 e. The molecule has 44 heavy (non-hydrogen) atoms. The lowest BCUT2D eigenvalue weighted by Crippen LogP contribution is -2.50. The summed E-state index contributed by atoms with van der Waals surface area (Å²) in [7, 11) is 0. The first-order valence-electron chi connectivity index (χ1n) is 19.5. The molecular formula is C39H77NO4. The fourth-order valence-electron chi connectivity index (χ4n) is 6.04. The Kier molecular flexibility index (Phi) is 34.2. The van der Waals surface area contributed by atoms with Crippen LogP contribution in [-0.4, -0.2) is 46.1 Å².